The van der Waals surface area contributed by atoms with Crippen LogP contribution in [0.25, 0.3) is 0 Å². The second-order valence-corrected chi connectivity index (χ2v) is 6.08. The summed E-state index contributed by atoms with van der Waals surface area (Å²) < 4.78 is 0. The van der Waals surface area contributed by atoms with E-state index >= 15 is 0 Å². The minimum absolute atomic E-state index is 0.477. The van der Waals surface area contributed by atoms with Crippen LogP contribution in [0.2, 0.25) is 10.0 Å². The van der Waals surface area contributed by atoms with Crippen LogP contribution in [-0.4, -0.2) is 13.1 Å². The van der Waals surface area contributed by atoms with Gasteiger partial charge in [-0.25, -0.2) is 0 Å². The van der Waals surface area contributed by atoms with Crippen molar-refractivity contribution >= 4 is 23.2 Å². The predicted octanol–water partition coefficient (Wildman–Crippen LogP) is 5.00. The summed E-state index contributed by atoms with van der Waals surface area (Å²) in [6.07, 6.45) is 1.91. The molecule has 2 aromatic carbocycles. The molecule has 0 spiro atoms. The fourth-order valence-electron chi connectivity index (χ4n) is 2.53. The minimum atomic E-state index is 0.477. The van der Waals surface area contributed by atoms with Crippen LogP contribution in [0.4, 0.5) is 0 Å². The second-order valence-electron chi connectivity index (χ2n) is 5.27. The van der Waals surface area contributed by atoms with Crippen LogP contribution in [0.3, 0.4) is 0 Å². The first-order chi connectivity index (χ1) is 10.2. The van der Waals surface area contributed by atoms with Crippen molar-refractivity contribution in [3.05, 3.63) is 69.7 Å². The van der Waals surface area contributed by atoms with Gasteiger partial charge in [0.25, 0.3) is 0 Å². The first kappa shape index (κ1) is 16.4. The van der Waals surface area contributed by atoms with Gasteiger partial charge in [0.15, 0.2) is 0 Å². The molecule has 0 amide bonds. The fourth-order valence-corrected chi connectivity index (χ4v) is 3.08. The number of benzene rings is 2. The Kier molecular flexibility index (Phi) is 6.56. The van der Waals surface area contributed by atoms with E-state index in [-0.39, 0.29) is 0 Å². The first-order valence-corrected chi connectivity index (χ1v) is 8.13. The summed E-state index contributed by atoms with van der Waals surface area (Å²) in [5.41, 5.74) is 2.41. The number of nitrogens with one attached hydrogen (secondary N) is 1. The molecule has 2 aromatic rings. The molecule has 0 saturated heterocycles. The Morgan fingerprint density at radius 2 is 1.57 bits per heavy atom. The van der Waals surface area contributed by atoms with Gasteiger partial charge in [0.05, 0.1) is 0 Å². The monoisotopic (exact) mass is 321 g/mol. The molecule has 1 atom stereocenters. The molecule has 112 valence electrons. The highest BCUT2D eigenvalue weighted by Crippen LogP contribution is 2.27. The summed E-state index contributed by atoms with van der Waals surface area (Å²) in [5, 5.41) is 4.96. The van der Waals surface area contributed by atoms with E-state index in [1.54, 1.807) is 0 Å². The zero-order valence-electron chi connectivity index (χ0n) is 12.3. The second kappa shape index (κ2) is 8.43. The van der Waals surface area contributed by atoms with Crippen LogP contribution >= 0.6 is 23.2 Å². The van der Waals surface area contributed by atoms with Crippen LogP contribution < -0.4 is 5.32 Å². The highest BCUT2D eigenvalue weighted by Gasteiger charge is 2.14. The molecule has 3 heteroatoms. The summed E-state index contributed by atoms with van der Waals surface area (Å²) in [7, 11) is 0. The van der Waals surface area contributed by atoms with Crippen LogP contribution in [0.15, 0.2) is 48.5 Å². The highest BCUT2D eigenvalue weighted by atomic mass is 35.5. The molecule has 1 nitrogen and oxygen atoms in total. The largest absolute Gasteiger partial charge is 0.317 e. The van der Waals surface area contributed by atoms with Crippen molar-refractivity contribution in [2.75, 3.05) is 13.1 Å². The maximum atomic E-state index is 6.31. The lowest BCUT2D eigenvalue weighted by Crippen LogP contribution is -2.25. The third-order valence-corrected chi connectivity index (χ3v) is 4.31. The predicted molar refractivity (Wildman–Crippen MR) is 92.3 cm³/mol. The van der Waals surface area contributed by atoms with Crippen molar-refractivity contribution in [2.24, 2.45) is 5.92 Å². The van der Waals surface area contributed by atoms with E-state index in [1.807, 2.05) is 24.3 Å². The van der Waals surface area contributed by atoms with E-state index in [4.69, 9.17) is 23.2 Å². The van der Waals surface area contributed by atoms with Gasteiger partial charge in [0, 0.05) is 10.0 Å². The topological polar surface area (TPSA) is 12.0 Å². The molecule has 0 aromatic heterocycles. The molecule has 0 bridgehead atoms. The molecule has 0 aliphatic heterocycles. The molecule has 0 heterocycles. The molecule has 0 radical (unpaired) electrons. The summed E-state index contributed by atoms with van der Waals surface area (Å²) in [4.78, 5) is 0. The molecule has 21 heavy (non-hydrogen) atoms. The average molecular weight is 322 g/mol. The third-order valence-electron chi connectivity index (χ3n) is 3.60. The Labute approximate surface area is 137 Å². The maximum Gasteiger partial charge on any atom is 0.0452 e. The Balaban J connectivity index is 2.12. The zero-order valence-corrected chi connectivity index (χ0v) is 13.8. The molecule has 1 unspecified atom stereocenters. The van der Waals surface area contributed by atoms with Gasteiger partial charge >= 0.3 is 0 Å². The molecule has 1 N–H and O–H groups in total. The van der Waals surface area contributed by atoms with Gasteiger partial charge in [-0.05, 0) is 55.1 Å². The first-order valence-electron chi connectivity index (χ1n) is 7.38. The van der Waals surface area contributed by atoms with Gasteiger partial charge in [0.2, 0.25) is 0 Å². The van der Waals surface area contributed by atoms with Crippen LogP contribution in [0.1, 0.15) is 18.1 Å². The molecular formula is C18H21Cl2N. The lowest BCUT2D eigenvalue weighted by Gasteiger charge is -2.19. The Hall–Kier alpha value is -1.02. The van der Waals surface area contributed by atoms with Crippen LogP contribution in [0, 0.1) is 5.92 Å². The standard InChI is InChI=1S/C18H21Cl2N/c1-2-21-13-15(11-14-7-4-3-5-8-14)12-16-17(19)9-6-10-18(16)20/h3-10,15,21H,2,11-13H2,1H3. The van der Waals surface area contributed by atoms with Crippen LogP contribution in [0.5, 0.6) is 0 Å². The average Bonchev–Trinajstić information content (AvgIpc) is 2.49. The highest BCUT2D eigenvalue weighted by molar-refractivity contribution is 6.35. The number of hydrogen-bond acceptors (Lipinski definition) is 1. The maximum absolute atomic E-state index is 6.31. The van der Waals surface area contributed by atoms with Crippen molar-refractivity contribution in [3.8, 4) is 0 Å². The van der Waals surface area contributed by atoms with Crippen molar-refractivity contribution in [3.63, 3.8) is 0 Å². The Morgan fingerprint density at radius 3 is 2.19 bits per heavy atom. The van der Waals surface area contributed by atoms with Gasteiger partial charge in [-0.15, -0.1) is 0 Å². The van der Waals surface area contributed by atoms with Gasteiger partial charge in [-0.2, -0.15) is 0 Å². The van der Waals surface area contributed by atoms with Gasteiger partial charge < -0.3 is 5.32 Å². The summed E-state index contributed by atoms with van der Waals surface area (Å²) in [6, 6.07) is 16.3. The number of halogens is 2. The van der Waals surface area contributed by atoms with Crippen molar-refractivity contribution in [1.82, 2.24) is 5.32 Å². The van der Waals surface area contributed by atoms with Gasteiger partial charge in [-0.1, -0.05) is 66.5 Å². The normalized spacial score (nSPS) is 12.3. The van der Waals surface area contributed by atoms with Crippen LogP contribution in [-0.2, 0) is 12.8 Å². The lowest BCUT2D eigenvalue weighted by molar-refractivity contribution is 0.478. The van der Waals surface area contributed by atoms with Gasteiger partial charge in [0.1, 0.15) is 0 Å². The Morgan fingerprint density at radius 1 is 0.905 bits per heavy atom. The van der Waals surface area contributed by atoms with E-state index in [2.05, 4.69) is 36.5 Å². The molecule has 0 aliphatic rings. The Bertz CT molecular complexity index is 534. The summed E-state index contributed by atoms with van der Waals surface area (Å²) in [5.74, 6) is 0.477. The molecule has 0 saturated carbocycles. The molecular weight excluding hydrogens is 301 g/mol. The lowest BCUT2D eigenvalue weighted by atomic mass is 9.92. The van der Waals surface area contributed by atoms with E-state index in [0.717, 1.165) is 41.5 Å². The van der Waals surface area contributed by atoms with Crippen molar-refractivity contribution in [1.29, 1.82) is 0 Å². The van der Waals surface area contributed by atoms with Crippen molar-refractivity contribution < 1.29 is 0 Å². The van der Waals surface area contributed by atoms with Crippen molar-refractivity contribution in [2.45, 2.75) is 19.8 Å². The summed E-state index contributed by atoms with van der Waals surface area (Å²) >= 11 is 12.6. The van der Waals surface area contributed by atoms with E-state index in [9.17, 15) is 0 Å². The number of hydrogen-bond donors (Lipinski definition) is 1. The molecule has 0 aliphatic carbocycles. The molecule has 0 fully saturated rings. The van der Waals surface area contributed by atoms with E-state index < -0.39 is 0 Å². The van der Waals surface area contributed by atoms with Gasteiger partial charge in [-0.3, -0.25) is 0 Å². The quantitative estimate of drug-likeness (QED) is 0.756. The zero-order chi connectivity index (χ0) is 15.1. The minimum Gasteiger partial charge on any atom is -0.317 e. The third kappa shape index (κ3) is 5.03. The van der Waals surface area contributed by atoms with E-state index in [1.165, 1.54) is 5.56 Å². The number of rotatable bonds is 7. The molecule has 2 rings (SSSR count). The van der Waals surface area contributed by atoms with E-state index in [0.29, 0.717) is 5.92 Å². The smallest absolute Gasteiger partial charge is 0.0452 e. The SMILES string of the molecule is CCNCC(Cc1ccccc1)Cc1c(Cl)cccc1Cl. The fraction of sp³-hybridized carbons (Fsp3) is 0.333. The summed E-state index contributed by atoms with van der Waals surface area (Å²) in [6.45, 7) is 4.07.